The largest absolute Gasteiger partial charge is 0.484 e. The van der Waals surface area contributed by atoms with Gasteiger partial charge in [0.15, 0.2) is 11.6 Å². The van der Waals surface area contributed by atoms with Crippen molar-refractivity contribution in [1.29, 1.82) is 0 Å². The maximum absolute atomic E-state index is 14.3. The topological polar surface area (TPSA) is 77.2 Å². The molecule has 0 radical (unpaired) electrons. The molecule has 3 N–H and O–H groups in total. The number of amides is 1. The molecule has 26 heavy (non-hydrogen) atoms. The van der Waals surface area contributed by atoms with E-state index in [1.807, 2.05) is 18.2 Å². The molecule has 6 heteroatoms. The number of hydrogen-bond acceptors (Lipinski definition) is 4. The molecule has 4 unspecified atom stereocenters. The van der Waals surface area contributed by atoms with Gasteiger partial charge >= 0.3 is 0 Å². The maximum Gasteiger partial charge on any atom is 0.229 e. The summed E-state index contributed by atoms with van der Waals surface area (Å²) >= 11 is 0. The minimum absolute atomic E-state index is 0.0837. The first-order chi connectivity index (χ1) is 12.6. The summed E-state index contributed by atoms with van der Waals surface area (Å²) in [6.45, 7) is 0.184. The van der Waals surface area contributed by atoms with Crippen LogP contribution >= 0.6 is 0 Å². The molecule has 4 atom stereocenters. The number of ether oxygens (including phenoxy) is 1. The van der Waals surface area contributed by atoms with E-state index in [9.17, 15) is 9.18 Å². The Kier molecular flexibility index (Phi) is 4.59. The third-order valence-corrected chi connectivity index (χ3v) is 5.58. The molecule has 2 aliphatic rings. The molecule has 2 saturated carbocycles. The lowest BCUT2D eigenvalue weighted by atomic mass is 9.84. The lowest BCUT2D eigenvalue weighted by molar-refractivity contribution is -0.121. The van der Waals surface area contributed by atoms with Gasteiger partial charge in [-0.1, -0.05) is 6.07 Å². The highest BCUT2D eigenvalue weighted by atomic mass is 19.1. The van der Waals surface area contributed by atoms with Crippen LogP contribution in [0.4, 0.5) is 10.1 Å². The van der Waals surface area contributed by atoms with Crippen molar-refractivity contribution in [2.45, 2.75) is 31.9 Å². The number of hydrogen-bond donors (Lipinski definition) is 2. The number of nitrogens with two attached hydrogens (primary N) is 1. The summed E-state index contributed by atoms with van der Waals surface area (Å²) < 4.78 is 19.8. The van der Waals surface area contributed by atoms with Crippen molar-refractivity contribution in [3.05, 3.63) is 54.1 Å². The molecule has 2 aromatic rings. The average molecular weight is 355 g/mol. The highest BCUT2D eigenvalue weighted by Crippen LogP contribution is 2.47. The number of nitrogens with one attached hydrogen (secondary N) is 1. The normalized spacial score (nSPS) is 26.7. The first kappa shape index (κ1) is 17.0. The molecule has 5 nitrogen and oxygen atoms in total. The van der Waals surface area contributed by atoms with Crippen molar-refractivity contribution in [1.82, 2.24) is 4.98 Å². The molecule has 0 spiro atoms. The Hall–Kier alpha value is -2.47. The van der Waals surface area contributed by atoms with E-state index in [0.29, 0.717) is 17.5 Å². The van der Waals surface area contributed by atoms with Crippen LogP contribution in [0.25, 0.3) is 0 Å². The van der Waals surface area contributed by atoms with Crippen LogP contribution in [0, 0.1) is 23.6 Å². The number of rotatable bonds is 5. The van der Waals surface area contributed by atoms with Gasteiger partial charge in [0.1, 0.15) is 6.61 Å². The zero-order chi connectivity index (χ0) is 18.1. The fourth-order valence-corrected chi connectivity index (χ4v) is 4.28. The third-order valence-electron chi connectivity index (χ3n) is 5.58. The van der Waals surface area contributed by atoms with Crippen molar-refractivity contribution in [2.75, 3.05) is 5.32 Å². The van der Waals surface area contributed by atoms with Crippen LogP contribution in [0.1, 0.15) is 25.0 Å². The molecular weight excluding hydrogens is 333 g/mol. The summed E-state index contributed by atoms with van der Waals surface area (Å²) in [7, 11) is 0. The van der Waals surface area contributed by atoms with Crippen molar-refractivity contribution < 1.29 is 13.9 Å². The molecule has 2 aliphatic carbocycles. The lowest BCUT2D eigenvalue weighted by Gasteiger charge is -2.27. The second-order valence-corrected chi connectivity index (χ2v) is 7.18. The first-order valence-corrected chi connectivity index (χ1v) is 9.00. The number of anilines is 1. The number of benzene rings is 1. The Morgan fingerprint density at radius 2 is 2.12 bits per heavy atom. The zero-order valence-electron chi connectivity index (χ0n) is 14.4. The third kappa shape index (κ3) is 3.29. The molecule has 1 aromatic carbocycles. The van der Waals surface area contributed by atoms with Crippen molar-refractivity contribution in [2.24, 2.45) is 23.5 Å². The van der Waals surface area contributed by atoms with Crippen LogP contribution in [0.2, 0.25) is 0 Å². The van der Waals surface area contributed by atoms with E-state index in [1.54, 1.807) is 12.3 Å². The summed E-state index contributed by atoms with van der Waals surface area (Å²) in [6, 6.07) is 9.84. The highest BCUT2D eigenvalue weighted by molar-refractivity contribution is 5.93. The van der Waals surface area contributed by atoms with E-state index in [1.165, 1.54) is 12.1 Å². The number of pyridine rings is 1. The van der Waals surface area contributed by atoms with E-state index in [-0.39, 0.29) is 30.2 Å². The van der Waals surface area contributed by atoms with Crippen LogP contribution in [-0.2, 0) is 11.4 Å². The average Bonchev–Trinajstić information content (AvgIpc) is 3.23. The van der Waals surface area contributed by atoms with Gasteiger partial charge < -0.3 is 15.8 Å². The van der Waals surface area contributed by atoms with E-state index in [4.69, 9.17) is 10.5 Å². The van der Waals surface area contributed by atoms with Crippen LogP contribution in [-0.4, -0.2) is 16.9 Å². The van der Waals surface area contributed by atoms with Gasteiger partial charge in [0.2, 0.25) is 5.91 Å². The Morgan fingerprint density at radius 1 is 1.27 bits per heavy atom. The molecule has 4 rings (SSSR count). The standard InChI is InChI=1S/C20H22FN3O2/c21-16-10-14(6-7-17(16)26-11-15-3-1-2-8-23-15)24-20(25)18-12-4-5-13(9-12)19(18)22/h1-3,6-8,10,12-13,18-19H,4-5,9,11,22H2,(H,24,25). The number of carbonyl (C=O) groups excluding carboxylic acids is 1. The molecule has 0 aliphatic heterocycles. The second-order valence-electron chi connectivity index (χ2n) is 7.18. The van der Waals surface area contributed by atoms with E-state index >= 15 is 0 Å². The maximum atomic E-state index is 14.3. The summed E-state index contributed by atoms with van der Waals surface area (Å²) in [6.07, 6.45) is 4.87. The number of carbonyl (C=O) groups is 1. The quantitative estimate of drug-likeness (QED) is 0.864. The van der Waals surface area contributed by atoms with Gasteiger partial charge in [0.05, 0.1) is 11.6 Å². The fourth-order valence-electron chi connectivity index (χ4n) is 4.28. The molecule has 1 heterocycles. The van der Waals surface area contributed by atoms with Gasteiger partial charge in [0.25, 0.3) is 0 Å². The van der Waals surface area contributed by atoms with Gasteiger partial charge in [-0.3, -0.25) is 9.78 Å². The summed E-state index contributed by atoms with van der Waals surface area (Å²) in [4.78, 5) is 16.7. The van der Waals surface area contributed by atoms with Crippen LogP contribution in [0.3, 0.4) is 0 Å². The molecule has 1 aromatic heterocycles. The number of nitrogens with zero attached hydrogens (tertiary/aromatic N) is 1. The molecular formula is C20H22FN3O2. The first-order valence-electron chi connectivity index (χ1n) is 9.00. The van der Waals surface area contributed by atoms with Crippen LogP contribution < -0.4 is 15.8 Å². The minimum atomic E-state index is -0.518. The zero-order valence-corrected chi connectivity index (χ0v) is 14.4. The predicted molar refractivity (Wildman–Crippen MR) is 95.9 cm³/mol. The van der Waals surface area contributed by atoms with Gasteiger partial charge in [-0.25, -0.2) is 4.39 Å². The summed E-state index contributed by atoms with van der Waals surface area (Å²) in [5, 5.41) is 2.81. The van der Waals surface area contributed by atoms with Gasteiger partial charge in [0, 0.05) is 24.0 Å². The fraction of sp³-hybridized carbons (Fsp3) is 0.400. The number of aromatic nitrogens is 1. The summed E-state index contributed by atoms with van der Waals surface area (Å²) in [5.41, 5.74) is 7.35. The lowest BCUT2D eigenvalue weighted by Crippen LogP contribution is -2.42. The molecule has 2 fully saturated rings. The second kappa shape index (κ2) is 7.03. The van der Waals surface area contributed by atoms with Gasteiger partial charge in [-0.05, 0) is 55.4 Å². The van der Waals surface area contributed by atoms with Crippen LogP contribution in [0.5, 0.6) is 5.75 Å². The Balaban J connectivity index is 1.39. The van der Waals surface area contributed by atoms with E-state index < -0.39 is 5.82 Å². The highest BCUT2D eigenvalue weighted by Gasteiger charge is 2.49. The number of halogens is 1. The summed E-state index contributed by atoms with van der Waals surface area (Å²) in [5.74, 6) is 0.153. The Morgan fingerprint density at radius 3 is 2.81 bits per heavy atom. The minimum Gasteiger partial charge on any atom is -0.484 e. The van der Waals surface area contributed by atoms with Crippen molar-refractivity contribution in [3.63, 3.8) is 0 Å². The Labute approximate surface area is 151 Å². The number of fused-ring (bicyclic) bond motifs is 2. The molecule has 0 saturated heterocycles. The smallest absolute Gasteiger partial charge is 0.229 e. The van der Waals surface area contributed by atoms with Crippen molar-refractivity contribution >= 4 is 11.6 Å². The predicted octanol–water partition coefficient (Wildman–Crippen LogP) is 3.11. The monoisotopic (exact) mass is 355 g/mol. The van der Waals surface area contributed by atoms with Crippen LogP contribution in [0.15, 0.2) is 42.6 Å². The van der Waals surface area contributed by atoms with Gasteiger partial charge in [-0.15, -0.1) is 0 Å². The molecule has 1 amide bonds. The Bertz CT molecular complexity index is 797. The van der Waals surface area contributed by atoms with E-state index in [2.05, 4.69) is 10.3 Å². The molecule has 136 valence electrons. The van der Waals surface area contributed by atoms with Crippen molar-refractivity contribution in [3.8, 4) is 5.75 Å². The SMILES string of the molecule is NC1C2CCC(C2)C1C(=O)Nc1ccc(OCc2ccccn2)c(F)c1. The molecule has 2 bridgehead atoms. The van der Waals surface area contributed by atoms with Gasteiger partial charge in [-0.2, -0.15) is 0 Å². The van der Waals surface area contributed by atoms with E-state index in [0.717, 1.165) is 25.0 Å².